The van der Waals surface area contributed by atoms with Crippen LogP contribution >= 0.6 is 0 Å². The van der Waals surface area contributed by atoms with Crippen molar-refractivity contribution < 1.29 is 19.1 Å². The van der Waals surface area contributed by atoms with Crippen LogP contribution in [0, 0.1) is 0 Å². The van der Waals surface area contributed by atoms with Crippen LogP contribution < -0.4 is 9.47 Å². The fourth-order valence-electron chi connectivity index (χ4n) is 2.91. The molecule has 0 aliphatic heterocycles. The maximum absolute atomic E-state index is 12.2. The summed E-state index contributed by atoms with van der Waals surface area (Å²) < 4.78 is 12.3. The summed E-state index contributed by atoms with van der Waals surface area (Å²) in [5.74, 6) is 0.843. The predicted octanol–water partition coefficient (Wildman–Crippen LogP) is 3.80. The third-order valence-corrected chi connectivity index (χ3v) is 3.98. The lowest BCUT2D eigenvalue weighted by Gasteiger charge is -2.14. The van der Waals surface area contributed by atoms with Crippen molar-refractivity contribution in [1.29, 1.82) is 0 Å². The highest BCUT2D eigenvalue weighted by atomic mass is 16.5. The Morgan fingerprint density at radius 2 is 1.75 bits per heavy atom. The maximum Gasteiger partial charge on any atom is 0.228 e. The van der Waals surface area contributed by atoms with E-state index >= 15 is 0 Å². The molecule has 0 spiro atoms. The molecule has 5 nitrogen and oxygen atoms in total. The molecule has 2 aromatic carbocycles. The first-order valence-corrected chi connectivity index (χ1v) is 7.43. The van der Waals surface area contributed by atoms with E-state index in [-0.39, 0.29) is 5.91 Å². The molecular formula is C19H17NO4. The van der Waals surface area contributed by atoms with Gasteiger partial charge < -0.3 is 9.47 Å². The topological polar surface area (TPSA) is 57.5 Å². The largest absolute Gasteiger partial charge is 0.496 e. The summed E-state index contributed by atoms with van der Waals surface area (Å²) in [7, 11) is 3.04. The van der Waals surface area contributed by atoms with Crippen molar-refractivity contribution in [2.75, 3.05) is 14.2 Å². The summed E-state index contributed by atoms with van der Waals surface area (Å²) in [5.41, 5.74) is 2.54. The van der Waals surface area contributed by atoms with Crippen molar-refractivity contribution in [3.63, 3.8) is 0 Å². The minimum Gasteiger partial charge on any atom is -0.496 e. The normalized spacial score (nSPS) is 10.6. The zero-order chi connectivity index (χ0) is 17.3. The number of methoxy groups -OCH3 is 2. The highest BCUT2D eigenvalue weighted by Crippen LogP contribution is 2.38. The van der Waals surface area contributed by atoms with Gasteiger partial charge in [-0.3, -0.25) is 14.2 Å². The number of para-hydroxylation sites is 1. The van der Waals surface area contributed by atoms with Gasteiger partial charge in [-0.1, -0.05) is 18.2 Å². The number of nitrogens with zero attached hydrogens (tertiary/aromatic N) is 1. The first kappa shape index (κ1) is 15.8. The van der Waals surface area contributed by atoms with Crippen LogP contribution in [0.5, 0.6) is 11.5 Å². The van der Waals surface area contributed by atoms with E-state index in [4.69, 9.17) is 9.47 Å². The lowest BCUT2D eigenvalue weighted by molar-refractivity contribution is 0.0943. The third kappa shape index (κ3) is 2.44. The maximum atomic E-state index is 12.2. The predicted molar refractivity (Wildman–Crippen MR) is 92.2 cm³/mol. The number of benzene rings is 2. The van der Waals surface area contributed by atoms with Gasteiger partial charge in [-0.2, -0.15) is 0 Å². The summed E-state index contributed by atoms with van der Waals surface area (Å²) in [6.07, 6.45) is 0.725. The molecule has 0 aliphatic carbocycles. The Kier molecular flexibility index (Phi) is 4.08. The summed E-state index contributed by atoms with van der Waals surface area (Å²) in [5, 5.41) is 0.938. The second-order valence-corrected chi connectivity index (χ2v) is 5.36. The van der Waals surface area contributed by atoms with Gasteiger partial charge in [-0.25, -0.2) is 0 Å². The van der Waals surface area contributed by atoms with E-state index in [1.165, 1.54) is 14.0 Å². The molecule has 0 N–H and O–H groups in total. The van der Waals surface area contributed by atoms with E-state index in [2.05, 4.69) is 0 Å². The van der Waals surface area contributed by atoms with Gasteiger partial charge in [0.2, 0.25) is 5.91 Å². The summed E-state index contributed by atoms with van der Waals surface area (Å²) in [6.45, 7) is 1.51. The number of aromatic nitrogens is 1. The van der Waals surface area contributed by atoms with Crippen LogP contribution in [0.15, 0.2) is 42.5 Å². The van der Waals surface area contributed by atoms with Crippen LogP contribution in [0.1, 0.15) is 22.1 Å². The van der Waals surface area contributed by atoms with Gasteiger partial charge in [-0.15, -0.1) is 0 Å². The molecule has 0 fully saturated rings. The lowest BCUT2D eigenvalue weighted by Crippen LogP contribution is -2.07. The van der Waals surface area contributed by atoms with Crippen molar-refractivity contribution in [2.24, 2.45) is 0 Å². The van der Waals surface area contributed by atoms with Gasteiger partial charge >= 0.3 is 0 Å². The number of fused-ring (bicyclic) bond motifs is 1. The fourth-order valence-corrected chi connectivity index (χ4v) is 2.91. The van der Waals surface area contributed by atoms with Crippen LogP contribution in [-0.2, 0) is 0 Å². The van der Waals surface area contributed by atoms with Crippen LogP contribution in [0.4, 0.5) is 0 Å². The first-order valence-electron chi connectivity index (χ1n) is 7.43. The molecule has 0 saturated heterocycles. The number of rotatable bonds is 4. The standard InChI is InChI=1S/C19H17NO4/c1-12(22)20-16-7-5-4-6-13(16)9-17(20)15-8-14(11-21)18(23-2)10-19(15)24-3/h4-11H,1-3H3. The second kappa shape index (κ2) is 6.20. The molecule has 0 amide bonds. The second-order valence-electron chi connectivity index (χ2n) is 5.36. The van der Waals surface area contributed by atoms with Crippen molar-refractivity contribution in [3.05, 3.63) is 48.0 Å². The Hall–Kier alpha value is -3.08. The molecular weight excluding hydrogens is 306 g/mol. The summed E-state index contributed by atoms with van der Waals surface area (Å²) in [4.78, 5) is 23.6. The van der Waals surface area contributed by atoms with E-state index in [0.717, 1.165) is 17.2 Å². The molecule has 0 aliphatic rings. The number of hydrogen-bond donors (Lipinski definition) is 0. The van der Waals surface area contributed by atoms with Crippen LogP contribution in [0.3, 0.4) is 0 Å². The van der Waals surface area contributed by atoms with Crippen LogP contribution in [0.2, 0.25) is 0 Å². The Morgan fingerprint density at radius 3 is 2.38 bits per heavy atom. The van der Waals surface area contributed by atoms with Crippen molar-refractivity contribution in [3.8, 4) is 22.8 Å². The van der Waals surface area contributed by atoms with Gasteiger partial charge in [-0.05, 0) is 18.2 Å². The van der Waals surface area contributed by atoms with E-state index in [1.54, 1.807) is 23.8 Å². The molecule has 0 saturated carbocycles. The number of ether oxygens (including phenoxy) is 2. The molecule has 5 heteroatoms. The Bertz CT molecular complexity index is 940. The molecule has 24 heavy (non-hydrogen) atoms. The van der Waals surface area contributed by atoms with Crippen molar-refractivity contribution >= 4 is 23.1 Å². The minimum absolute atomic E-state index is 0.114. The third-order valence-electron chi connectivity index (χ3n) is 3.98. The zero-order valence-electron chi connectivity index (χ0n) is 13.7. The monoisotopic (exact) mass is 323 g/mol. The molecule has 1 heterocycles. The van der Waals surface area contributed by atoms with E-state index in [0.29, 0.717) is 28.3 Å². The lowest BCUT2D eigenvalue weighted by atomic mass is 10.1. The number of carbonyl (C=O) groups is 2. The highest BCUT2D eigenvalue weighted by molar-refractivity contribution is 5.99. The highest BCUT2D eigenvalue weighted by Gasteiger charge is 2.19. The molecule has 0 unspecified atom stereocenters. The van der Waals surface area contributed by atoms with Crippen LogP contribution in [0.25, 0.3) is 22.2 Å². The number of hydrogen-bond acceptors (Lipinski definition) is 4. The fraction of sp³-hybridized carbons (Fsp3) is 0.158. The average molecular weight is 323 g/mol. The van der Waals surface area contributed by atoms with Gasteiger partial charge in [0.15, 0.2) is 6.29 Å². The molecule has 1 aromatic heterocycles. The van der Waals surface area contributed by atoms with E-state index < -0.39 is 0 Å². The van der Waals surface area contributed by atoms with Gasteiger partial charge in [0.1, 0.15) is 11.5 Å². The molecule has 3 rings (SSSR count). The zero-order valence-corrected chi connectivity index (χ0v) is 13.7. The summed E-state index contributed by atoms with van der Waals surface area (Å²) >= 11 is 0. The van der Waals surface area contributed by atoms with Gasteiger partial charge in [0.25, 0.3) is 0 Å². The Balaban J connectivity index is 2.37. The van der Waals surface area contributed by atoms with E-state index in [1.807, 2.05) is 30.3 Å². The first-order chi connectivity index (χ1) is 11.6. The van der Waals surface area contributed by atoms with Gasteiger partial charge in [0.05, 0.1) is 31.0 Å². The van der Waals surface area contributed by atoms with Crippen molar-refractivity contribution in [1.82, 2.24) is 4.57 Å². The minimum atomic E-state index is -0.114. The van der Waals surface area contributed by atoms with Crippen molar-refractivity contribution in [2.45, 2.75) is 6.92 Å². The molecule has 0 atom stereocenters. The van der Waals surface area contributed by atoms with E-state index in [9.17, 15) is 9.59 Å². The summed E-state index contributed by atoms with van der Waals surface area (Å²) in [6, 6.07) is 12.9. The molecule has 3 aromatic rings. The number of aldehydes is 1. The van der Waals surface area contributed by atoms with Crippen LogP contribution in [-0.4, -0.2) is 31.0 Å². The SMILES string of the molecule is COc1cc(OC)c(-c2cc3ccccc3n2C(C)=O)cc1C=O. The molecule has 122 valence electrons. The quantitative estimate of drug-likeness (QED) is 0.685. The average Bonchev–Trinajstić information content (AvgIpc) is 2.99. The number of carbonyl (C=O) groups excluding carboxylic acids is 2. The molecule has 0 bridgehead atoms. The van der Waals surface area contributed by atoms with Gasteiger partial charge in [0, 0.05) is 23.9 Å². The Morgan fingerprint density at radius 1 is 1.04 bits per heavy atom. The molecule has 0 radical (unpaired) electrons. The Labute approximate surface area is 139 Å². The smallest absolute Gasteiger partial charge is 0.228 e.